The third-order valence-corrected chi connectivity index (χ3v) is 9.32. The number of benzene rings is 1. The van der Waals surface area contributed by atoms with E-state index in [1.807, 2.05) is 0 Å². The smallest absolute Gasteiger partial charge is 0.310 e. The standard InChI is InChI=1S/C33H47N6O8P/c1-31(2,3)29(43)39-30-37-26-25(27(41)38-30)36-22(18-35-26)17-34-21-12-14-23(15-13-21)48(44,45-10)19-20(28(42)47-33(7,8)9)11-16-24(40)46-32(4,5)6/h12-15,18,20,34H,11,16-17,19H2,1-10H3,(H2,35,37,38,39,41,43). The zero-order valence-electron chi connectivity index (χ0n) is 29.3. The molecule has 48 heavy (non-hydrogen) atoms. The van der Waals surface area contributed by atoms with Crippen molar-refractivity contribution in [3.8, 4) is 0 Å². The van der Waals surface area contributed by atoms with Crippen LogP contribution in [0.5, 0.6) is 0 Å². The first kappa shape index (κ1) is 38.3. The number of nitrogens with zero attached hydrogens (tertiary/aromatic N) is 3. The molecule has 3 N–H and O–H groups in total. The molecule has 0 aliphatic carbocycles. The van der Waals surface area contributed by atoms with Crippen molar-refractivity contribution in [1.29, 1.82) is 0 Å². The highest BCUT2D eigenvalue weighted by Crippen LogP contribution is 2.48. The fourth-order valence-corrected chi connectivity index (χ4v) is 6.41. The van der Waals surface area contributed by atoms with Crippen LogP contribution in [0.1, 0.15) is 80.8 Å². The highest BCUT2D eigenvalue weighted by molar-refractivity contribution is 7.67. The van der Waals surface area contributed by atoms with Crippen molar-refractivity contribution in [2.24, 2.45) is 11.3 Å². The largest absolute Gasteiger partial charge is 0.460 e. The van der Waals surface area contributed by atoms with E-state index in [1.54, 1.807) is 86.6 Å². The molecular formula is C33H47N6O8P. The van der Waals surface area contributed by atoms with Crippen LogP contribution < -0.4 is 21.5 Å². The maximum atomic E-state index is 14.1. The van der Waals surface area contributed by atoms with E-state index in [0.717, 1.165) is 0 Å². The van der Waals surface area contributed by atoms with Crippen LogP contribution in [-0.2, 0) is 39.5 Å². The first-order valence-electron chi connectivity index (χ1n) is 15.6. The van der Waals surface area contributed by atoms with E-state index in [0.29, 0.717) is 16.7 Å². The van der Waals surface area contributed by atoms with E-state index < -0.39 is 47.4 Å². The Balaban J connectivity index is 1.73. The van der Waals surface area contributed by atoms with Crippen molar-refractivity contribution in [2.75, 3.05) is 23.9 Å². The van der Waals surface area contributed by atoms with Gasteiger partial charge in [0.25, 0.3) is 5.56 Å². The first-order valence-corrected chi connectivity index (χ1v) is 17.4. The molecule has 2 heterocycles. The van der Waals surface area contributed by atoms with Crippen molar-refractivity contribution in [1.82, 2.24) is 19.9 Å². The van der Waals surface area contributed by atoms with Crippen molar-refractivity contribution in [2.45, 2.75) is 92.9 Å². The number of aromatic amines is 1. The molecule has 0 bridgehead atoms. The number of hydrogen-bond acceptors (Lipinski definition) is 12. The molecule has 0 fully saturated rings. The summed E-state index contributed by atoms with van der Waals surface area (Å²) in [5.41, 5.74) is -1.47. The van der Waals surface area contributed by atoms with Gasteiger partial charge in [0, 0.05) is 36.1 Å². The number of carbonyl (C=O) groups excluding carboxylic acids is 3. The number of carbonyl (C=O) groups is 3. The van der Waals surface area contributed by atoms with E-state index in [2.05, 4.69) is 30.6 Å². The molecule has 1 aromatic carbocycles. The lowest BCUT2D eigenvalue weighted by atomic mass is 9.96. The molecule has 2 aromatic heterocycles. The summed E-state index contributed by atoms with van der Waals surface area (Å²) in [5.74, 6) is -2.24. The van der Waals surface area contributed by atoms with Crippen LogP contribution in [0.4, 0.5) is 11.6 Å². The fourth-order valence-electron chi connectivity index (χ4n) is 4.32. The van der Waals surface area contributed by atoms with Crippen LogP contribution >= 0.6 is 7.37 Å². The lowest BCUT2D eigenvalue weighted by Gasteiger charge is -2.27. The van der Waals surface area contributed by atoms with Gasteiger partial charge >= 0.3 is 11.9 Å². The first-order chi connectivity index (χ1) is 22.1. The molecule has 0 saturated carbocycles. The lowest BCUT2D eigenvalue weighted by molar-refractivity contribution is -0.160. The summed E-state index contributed by atoms with van der Waals surface area (Å²) < 4.78 is 30.6. The Morgan fingerprint density at radius 1 is 0.938 bits per heavy atom. The average Bonchev–Trinajstić information content (AvgIpc) is 2.96. The normalized spacial score (nSPS) is 14.1. The zero-order chi connectivity index (χ0) is 36.1. The molecule has 3 rings (SSSR count). The molecule has 1 amide bonds. The Labute approximate surface area is 280 Å². The Hall–Kier alpha value is -4.16. The van der Waals surface area contributed by atoms with Gasteiger partial charge in [0.2, 0.25) is 19.2 Å². The van der Waals surface area contributed by atoms with Crippen LogP contribution in [0.3, 0.4) is 0 Å². The molecule has 2 unspecified atom stereocenters. The van der Waals surface area contributed by atoms with Gasteiger partial charge in [-0.25, -0.2) is 9.97 Å². The Morgan fingerprint density at radius 3 is 2.12 bits per heavy atom. The van der Waals surface area contributed by atoms with Gasteiger partial charge in [0.15, 0.2) is 11.2 Å². The summed E-state index contributed by atoms with van der Waals surface area (Å²) >= 11 is 0. The van der Waals surface area contributed by atoms with E-state index in [9.17, 15) is 23.7 Å². The van der Waals surface area contributed by atoms with Gasteiger partial charge in [-0.2, -0.15) is 4.98 Å². The fraction of sp³-hybridized carbons (Fsp3) is 0.545. The number of anilines is 2. The van der Waals surface area contributed by atoms with Gasteiger partial charge in [-0.1, -0.05) is 20.8 Å². The molecule has 0 aliphatic heterocycles. The maximum Gasteiger partial charge on any atom is 0.310 e. The minimum atomic E-state index is -3.56. The number of H-pyrrole nitrogens is 1. The number of rotatable bonds is 12. The number of aromatic nitrogens is 4. The monoisotopic (exact) mass is 686 g/mol. The summed E-state index contributed by atoms with van der Waals surface area (Å²) in [7, 11) is -2.23. The van der Waals surface area contributed by atoms with E-state index in [-0.39, 0.29) is 48.6 Å². The second kappa shape index (κ2) is 14.9. The van der Waals surface area contributed by atoms with Gasteiger partial charge in [-0.3, -0.25) is 34.0 Å². The lowest BCUT2D eigenvalue weighted by Crippen LogP contribution is -2.32. The summed E-state index contributed by atoms with van der Waals surface area (Å²) in [6.45, 7) is 15.9. The highest BCUT2D eigenvalue weighted by atomic mass is 31.2. The molecule has 0 spiro atoms. The third kappa shape index (κ3) is 11.2. The molecule has 2 atom stereocenters. The second-order valence-corrected chi connectivity index (χ2v) is 17.0. The predicted molar refractivity (Wildman–Crippen MR) is 183 cm³/mol. The van der Waals surface area contributed by atoms with Crippen LogP contribution in [0.2, 0.25) is 0 Å². The van der Waals surface area contributed by atoms with E-state index >= 15 is 0 Å². The zero-order valence-corrected chi connectivity index (χ0v) is 30.2. The number of hydrogen-bond donors (Lipinski definition) is 3. The highest BCUT2D eigenvalue weighted by Gasteiger charge is 2.35. The van der Waals surface area contributed by atoms with Crippen LogP contribution in [-0.4, -0.2) is 62.3 Å². The second-order valence-electron chi connectivity index (χ2n) is 14.4. The maximum absolute atomic E-state index is 14.1. The summed E-state index contributed by atoms with van der Waals surface area (Å²) in [6.07, 6.45) is 1.33. The molecule has 14 nitrogen and oxygen atoms in total. The van der Waals surface area contributed by atoms with Gasteiger partial charge in [0.1, 0.15) is 11.2 Å². The number of nitrogens with one attached hydrogen (secondary N) is 3. The Morgan fingerprint density at radius 2 is 1.56 bits per heavy atom. The van der Waals surface area contributed by atoms with Crippen molar-refractivity contribution in [3.05, 3.63) is 46.5 Å². The SMILES string of the molecule is COP(=O)(CC(CCC(=O)OC(C)(C)C)C(=O)OC(C)(C)C)c1ccc(NCc2cnc3nc(NC(=O)C(C)(C)C)[nH]c(=O)c3n2)cc1. The van der Waals surface area contributed by atoms with Gasteiger partial charge in [-0.05, 0) is 72.2 Å². The topological polar surface area (TPSA) is 192 Å². The molecule has 0 saturated heterocycles. The van der Waals surface area contributed by atoms with Crippen molar-refractivity contribution < 1.29 is 32.9 Å². The summed E-state index contributed by atoms with van der Waals surface area (Å²) in [4.78, 5) is 65.8. The molecule has 262 valence electrons. The minimum absolute atomic E-state index is 0.0125. The van der Waals surface area contributed by atoms with Gasteiger partial charge in [0.05, 0.1) is 24.4 Å². The minimum Gasteiger partial charge on any atom is -0.460 e. The third-order valence-electron chi connectivity index (χ3n) is 6.73. The molecule has 0 aliphatic rings. The molecular weight excluding hydrogens is 639 g/mol. The van der Waals surface area contributed by atoms with Gasteiger partial charge in [-0.15, -0.1) is 0 Å². The van der Waals surface area contributed by atoms with Gasteiger partial charge < -0.3 is 19.3 Å². The molecule has 0 radical (unpaired) electrons. The number of esters is 2. The number of ether oxygens (including phenoxy) is 2. The quantitative estimate of drug-likeness (QED) is 0.172. The molecule has 15 heteroatoms. The Bertz CT molecular complexity index is 1740. The predicted octanol–water partition coefficient (Wildman–Crippen LogP) is 4.94. The number of amides is 1. The van der Waals surface area contributed by atoms with Crippen LogP contribution in [0.15, 0.2) is 35.3 Å². The van der Waals surface area contributed by atoms with E-state index in [1.165, 1.54) is 13.3 Å². The summed E-state index contributed by atoms with van der Waals surface area (Å²) in [5, 5.41) is 6.15. The van der Waals surface area contributed by atoms with Crippen molar-refractivity contribution in [3.63, 3.8) is 0 Å². The Kier molecular flexibility index (Phi) is 11.9. The number of fused-ring (bicyclic) bond motifs is 1. The van der Waals surface area contributed by atoms with Crippen LogP contribution in [0, 0.1) is 11.3 Å². The summed E-state index contributed by atoms with van der Waals surface area (Å²) in [6, 6.07) is 6.69. The van der Waals surface area contributed by atoms with E-state index in [4.69, 9.17) is 14.0 Å². The average molecular weight is 687 g/mol. The van der Waals surface area contributed by atoms with Crippen LogP contribution in [0.25, 0.3) is 11.2 Å². The molecule has 3 aromatic rings. The van der Waals surface area contributed by atoms with Crippen molar-refractivity contribution >= 4 is 53.3 Å².